The molecule has 0 amide bonds. The number of nitrogens with zero attached hydrogens (tertiary/aromatic N) is 1. The number of ketones is 1. The van der Waals surface area contributed by atoms with E-state index in [9.17, 15) is 14.9 Å². The summed E-state index contributed by atoms with van der Waals surface area (Å²) in [5, 5.41) is 10.6. The summed E-state index contributed by atoms with van der Waals surface area (Å²) >= 11 is 3.37. The monoisotopic (exact) mass is 281 g/mol. The van der Waals surface area contributed by atoms with Crippen molar-refractivity contribution in [3.8, 4) is 0 Å². The third kappa shape index (κ3) is 1.90. The molecule has 0 unspecified atom stereocenters. The number of carbonyl (C=O) groups excluding carboxylic acids is 1. The van der Waals surface area contributed by atoms with Crippen molar-refractivity contribution in [2.75, 3.05) is 0 Å². The molecule has 0 heterocycles. The van der Waals surface area contributed by atoms with E-state index in [4.69, 9.17) is 0 Å². The summed E-state index contributed by atoms with van der Waals surface area (Å²) in [6.07, 6.45) is 2.96. The zero-order valence-electron chi connectivity index (χ0n) is 8.27. The van der Waals surface area contributed by atoms with Gasteiger partial charge in [0.05, 0.1) is 4.92 Å². The van der Waals surface area contributed by atoms with Crippen LogP contribution < -0.4 is 0 Å². The molecule has 0 bridgehead atoms. The number of fused-ring (bicyclic) bond motifs is 1. The fourth-order valence-corrected chi connectivity index (χ4v) is 2.23. The normalized spacial score (nSPS) is 15.1. The predicted molar refractivity (Wildman–Crippen MR) is 63.6 cm³/mol. The number of allylic oxidation sites excluding steroid dienone is 1. The van der Waals surface area contributed by atoms with Crippen molar-refractivity contribution in [3.05, 3.63) is 45.5 Å². The van der Waals surface area contributed by atoms with Crippen molar-refractivity contribution < 1.29 is 9.72 Å². The molecule has 0 radical (unpaired) electrons. The molecule has 16 heavy (non-hydrogen) atoms. The van der Waals surface area contributed by atoms with Crippen LogP contribution in [0.1, 0.15) is 28.8 Å². The van der Waals surface area contributed by atoms with Crippen molar-refractivity contribution in [1.29, 1.82) is 0 Å². The minimum atomic E-state index is -0.490. The predicted octanol–water partition coefficient (Wildman–Crippen LogP) is 3.31. The van der Waals surface area contributed by atoms with Gasteiger partial charge < -0.3 is 0 Å². The maximum Gasteiger partial charge on any atom is 0.270 e. The molecule has 2 rings (SSSR count). The number of hydrogen-bond donors (Lipinski definition) is 0. The molecule has 4 nitrogen and oxygen atoms in total. The number of halogens is 1. The van der Waals surface area contributed by atoms with Crippen LogP contribution in [0.4, 0.5) is 5.69 Å². The molecule has 1 aromatic rings. The Labute approximate surface area is 100 Å². The molecule has 0 saturated heterocycles. The average molecular weight is 282 g/mol. The quantitative estimate of drug-likeness (QED) is 0.586. The van der Waals surface area contributed by atoms with E-state index in [1.165, 1.54) is 12.1 Å². The second-order valence-corrected chi connectivity index (χ2v) is 4.36. The molecule has 1 aliphatic rings. The molecule has 0 fully saturated rings. The number of nitro groups is 1. The number of non-ortho nitro benzene ring substituents is 1. The van der Waals surface area contributed by atoms with Gasteiger partial charge in [0.25, 0.3) is 5.69 Å². The Morgan fingerprint density at radius 2 is 2.06 bits per heavy atom. The minimum absolute atomic E-state index is 0.0469. The van der Waals surface area contributed by atoms with E-state index >= 15 is 0 Å². The Hall–Kier alpha value is -1.49. The second-order valence-electron chi connectivity index (χ2n) is 3.50. The highest BCUT2D eigenvalue weighted by Gasteiger charge is 2.19. The lowest BCUT2D eigenvalue weighted by Gasteiger charge is -2.04. The summed E-state index contributed by atoms with van der Waals surface area (Å²) in [5.41, 5.74) is 1.11. The van der Waals surface area contributed by atoms with Crippen molar-refractivity contribution in [1.82, 2.24) is 0 Å². The highest BCUT2D eigenvalue weighted by atomic mass is 79.9. The van der Waals surface area contributed by atoms with Crippen LogP contribution >= 0.6 is 15.9 Å². The lowest BCUT2D eigenvalue weighted by molar-refractivity contribution is -0.384. The zero-order valence-corrected chi connectivity index (χ0v) is 9.86. The van der Waals surface area contributed by atoms with Gasteiger partial charge >= 0.3 is 0 Å². The Bertz CT molecular complexity index is 508. The van der Waals surface area contributed by atoms with Crippen LogP contribution in [0.5, 0.6) is 0 Å². The first kappa shape index (κ1) is 11.0. The summed E-state index contributed by atoms with van der Waals surface area (Å²) < 4.78 is 0.822. The minimum Gasteiger partial charge on any atom is -0.294 e. The van der Waals surface area contributed by atoms with Crippen LogP contribution in [0.25, 0.3) is 4.48 Å². The first-order valence-corrected chi connectivity index (χ1v) is 5.56. The molecule has 0 N–H and O–H groups in total. The highest BCUT2D eigenvalue weighted by molar-refractivity contribution is 9.15. The smallest absolute Gasteiger partial charge is 0.270 e. The summed E-state index contributed by atoms with van der Waals surface area (Å²) in [7, 11) is 0. The van der Waals surface area contributed by atoms with Gasteiger partial charge in [-0.1, -0.05) is 22.0 Å². The van der Waals surface area contributed by atoms with Crippen LogP contribution in [0.2, 0.25) is 0 Å². The Balaban J connectivity index is 2.61. The van der Waals surface area contributed by atoms with E-state index in [0.717, 1.165) is 10.0 Å². The fourth-order valence-electron chi connectivity index (χ4n) is 1.66. The van der Waals surface area contributed by atoms with Crippen molar-refractivity contribution >= 4 is 31.9 Å². The maximum atomic E-state index is 11.7. The molecule has 1 aromatic carbocycles. The lowest BCUT2D eigenvalue weighted by Crippen LogP contribution is -2.01. The van der Waals surface area contributed by atoms with Gasteiger partial charge in [-0.15, -0.1) is 0 Å². The van der Waals surface area contributed by atoms with Crippen molar-refractivity contribution in [2.45, 2.75) is 12.8 Å². The summed E-state index contributed by atoms with van der Waals surface area (Å²) in [5.74, 6) is -0.0515. The van der Waals surface area contributed by atoms with Gasteiger partial charge in [0.15, 0.2) is 5.78 Å². The maximum absolute atomic E-state index is 11.7. The molecule has 1 aliphatic carbocycles. The van der Waals surface area contributed by atoms with E-state index < -0.39 is 4.92 Å². The fraction of sp³-hybridized carbons (Fsp3) is 0.182. The van der Waals surface area contributed by atoms with Gasteiger partial charge in [-0.25, -0.2) is 0 Å². The average Bonchev–Trinajstić information content (AvgIpc) is 2.40. The van der Waals surface area contributed by atoms with E-state index in [0.29, 0.717) is 18.4 Å². The van der Waals surface area contributed by atoms with E-state index in [2.05, 4.69) is 15.9 Å². The molecule has 0 aromatic heterocycles. The Morgan fingerprint density at radius 1 is 1.31 bits per heavy atom. The number of hydrogen-bond acceptors (Lipinski definition) is 3. The van der Waals surface area contributed by atoms with Crippen LogP contribution in [0.3, 0.4) is 0 Å². The van der Waals surface area contributed by atoms with Crippen LogP contribution in [-0.4, -0.2) is 10.7 Å². The van der Waals surface area contributed by atoms with Gasteiger partial charge in [-0.2, -0.15) is 0 Å². The Morgan fingerprint density at radius 3 is 2.75 bits per heavy atom. The van der Waals surface area contributed by atoms with Gasteiger partial charge in [-0.3, -0.25) is 14.9 Å². The van der Waals surface area contributed by atoms with Crippen molar-refractivity contribution in [3.63, 3.8) is 0 Å². The number of rotatable bonds is 1. The first-order chi connectivity index (χ1) is 7.59. The molecule has 0 spiro atoms. The van der Waals surface area contributed by atoms with Gasteiger partial charge in [0.2, 0.25) is 0 Å². The summed E-state index contributed by atoms with van der Waals surface area (Å²) in [6, 6.07) is 4.36. The summed E-state index contributed by atoms with van der Waals surface area (Å²) in [4.78, 5) is 21.9. The second kappa shape index (κ2) is 4.17. The number of carbonyl (C=O) groups is 1. The molecule has 5 heteroatoms. The molecule has 0 atom stereocenters. The lowest BCUT2D eigenvalue weighted by atomic mass is 10.0. The number of Topliss-reactive ketones (excluding diaryl/α,β-unsaturated/α-hetero) is 1. The van der Waals surface area contributed by atoms with E-state index in [-0.39, 0.29) is 11.5 Å². The van der Waals surface area contributed by atoms with Gasteiger partial charge in [0.1, 0.15) is 0 Å². The van der Waals surface area contributed by atoms with Gasteiger partial charge in [0, 0.05) is 28.6 Å². The van der Waals surface area contributed by atoms with Crippen LogP contribution in [0, 0.1) is 10.1 Å². The van der Waals surface area contributed by atoms with Crippen molar-refractivity contribution in [2.24, 2.45) is 0 Å². The standard InChI is InChI=1S/C11H8BrNO3/c12-10-2-1-3-11(14)9-6-7(13(15)16)4-5-8(9)10/h2,4-6H,1,3H2. The first-order valence-electron chi connectivity index (χ1n) is 4.77. The summed E-state index contributed by atoms with van der Waals surface area (Å²) in [6.45, 7) is 0. The molecular formula is C11H8BrNO3. The zero-order chi connectivity index (χ0) is 11.7. The van der Waals surface area contributed by atoms with Crippen LogP contribution in [0.15, 0.2) is 24.3 Å². The third-order valence-corrected chi connectivity index (χ3v) is 3.22. The van der Waals surface area contributed by atoms with E-state index in [1.54, 1.807) is 6.07 Å². The third-order valence-electron chi connectivity index (χ3n) is 2.47. The SMILES string of the molecule is O=C1CCC=C(Br)c2ccc([N+](=O)[O-])cc21. The number of benzene rings is 1. The molecular weight excluding hydrogens is 274 g/mol. The topological polar surface area (TPSA) is 60.2 Å². The van der Waals surface area contributed by atoms with Gasteiger partial charge in [-0.05, 0) is 18.1 Å². The highest BCUT2D eigenvalue weighted by Crippen LogP contribution is 2.31. The molecule has 0 aliphatic heterocycles. The van der Waals surface area contributed by atoms with E-state index in [1.807, 2.05) is 6.08 Å². The Kier molecular flexibility index (Phi) is 2.87. The number of nitro benzene ring substituents is 1. The largest absolute Gasteiger partial charge is 0.294 e. The molecule has 82 valence electrons. The molecule has 0 saturated carbocycles. The van der Waals surface area contributed by atoms with Crippen LogP contribution in [-0.2, 0) is 0 Å².